The van der Waals surface area contributed by atoms with E-state index in [0.29, 0.717) is 21.4 Å². The lowest BCUT2D eigenvalue weighted by atomic mass is 10.2. The maximum atomic E-state index is 12.8. The summed E-state index contributed by atoms with van der Waals surface area (Å²) in [6.07, 6.45) is 0. The number of rotatable bonds is 8. The minimum atomic E-state index is -0.377. The SMILES string of the molecule is COc1cccc(-c2csc(NC(=O)C(C)Sc3cccc(NC(=O)c4cccc(Cl)c4)c3)n2)c1. The highest BCUT2D eigenvalue weighted by Crippen LogP contribution is 2.30. The second-order valence-corrected chi connectivity index (χ2v) is 10.2. The molecule has 2 N–H and O–H groups in total. The molecular formula is C26H22ClN3O3S2. The first-order chi connectivity index (χ1) is 16.9. The van der Waals surface area contributed by atoms with Crippen LogP contribution in [0.4, 0.5) is 10.8 Å². The Labute approximate surface area is 216 Å². The van der Waals surface area contributed by atoms with Crippen molar-refractivity contribution in [2.45, 2.75) is 17.1 Å². The second-order valence-electron chi connectivity index (χ2n) is 7.51. The standard InChI is InChI=1S/C26H22ClN3O3S2/c1-16(24(31)30-26-29-23(15-34-26)17-6-4-10-21(13-17)33-2)35-22-11-5-9-20(14-22)28-25(32)18-7-3-8-19(27)12-18/h3-16H,1-2H3,(H,28,32)(H,29,30,31). The fourth-order valence-corrected chi connectivity index (χ4v) is 5.03. The molecule has 9 heteroatoms. The summed E-state index contributed by atoms with van der Waals surface area (Å²) >= 11 is 8.74. The van der Waals surface area contributed by atoms with Crippen molar-refractivity contribution >= 4 is 57.3 Å². The summed E-state index contributed by atoms with van der Waals surface area (Å²) in [7, 11) is 1.62. The number of amides is 2. The average molecular weight is 524 g/mol. The molecule has 178 valence electrons. The lowest BCUT2D eigenvalue weighted by molar-refractivity contribution is -0.115. The summed E-state index contributed by atoms with van der Waals surface area (Å²) in [6.45, 7) is 1.83. The van der Waals surface area contributed by atoms with Crippen LogP contribution in [0.2, 0.25) is 5.02 Å². The van der Waals surface area contributed by atoms with Gasteiger partial charge in [-0.15, -0.1) is 23.1 Å². The summed E-state index contributed by atoms with van der Waals surface area (Å²) in [6, 6.07) is 21.7. The van der Waals surface area contributed by atoms with E-state index in [2.05, 4.69) is 15.6 Å². The Morgan fingerprint density at radius 2 is 1.83 bits per heavy atom. The van der Waals surface area contributed by atoms with E-state index in [-0.39, 0.29) is 17.1 Å². The molecule has 4 rings (SSSR count). The summed E-state index contributed by atoms with van der Waals surface area (Å²) in [4.78, 5) is 30.7. The number of hydrogen-bond donors (Lipinski definition) is 2. The molecule has 0 spiro atoms. The molecule has 3 aromatic carbocycles. The zero-order valence-electron chi connectivity index (χ0n) is 18.9. The Hall–Kier alpha value is -3.33. The lowest BCUT2D eigenvalue weighted by Gasteiger charge is -2.12. The number of hydrogen-bond acceptors (Lipinski definition) is 6. The molecule has 0 aliphatic rings. The highest BCUT2D eigenvalue weighted by molar-refractivity contribution is 8.00. The largest absolute Gasteiger partial charge is 0.497 e. The van der Waals surface area contributed by atoms with Gasteiger partial charge in [0.25, 0.3) is 5.91 Å². The van der Waals surface area contributed by atoms with Crippen molar-refractivity contribution in [3.63, 3.8) is 0 Å². The van der Waals surface area contributed by atoms with Crippen LogP contribution in [0.5, 0.6) is 5.75 Å². The Morgan fingerprint density at radius 3 is 2.63 bits per heavy atom. The fraction of sp³-hybridized carbons (Fsp3) is 0.115. The van der Waals surface area contributed by atoms with Gasteiger partial charge in [-0.25, -0.2) is 4.98 Å². The molecule has 1 atom stereocenters. The monoisotopic (exact) mass is 523 g/mol. The molecule has 0 bridgehead atoms. The van der Waals surface area contributed by atoms with Crippen molar-refractivity contribution in [1.29, 1.82) is 0 Å². The number of benzene rings is 3. The van der Waals surface area contributed by atoms with E-state index in [1.165, 1.54) is 23.1 Å². The first-order valence-electron chi connectivity index (χ1n) is 10.7. The zero-order valence-corrected chi connectivity index (χ0v) is 21.3. The van der Waals surface area contributed by atoms with E-state index in [1.54, 1.807) is 37.4 Å². The van der Waals surface area contributed by atoms with E-state index >= 15 is 0 Å². The van der Waals surface area contributed by atoms with E-state index in [1.807, 2.05) is 54.8 Å². The Balaban J connectivity index is 1.36. The molecule has 0 radical (unpaired) electrons. The smallest absolute Gasteiger partial charge is 0.255 e. The van der Waals surface area contributed by atoms with Crippen molar-refractivity contribution < 1.29 is 14.3 Å². The van der Waals surface area contributed by atoms with Gasteiger partial charge in [-0.3, -0.25) is 9.59 Å². The van der Waals surface area contributed by atoms with E-state index in [0.717, 1.165) is 21.9 Å². The van der Waals surface area contributed by atoms with Crippen LogP contribution in [0.3, 0.4) is 0 Å². The summed E-state index contributed by atoms with van der Waals surface area (Å²) in [5.74, 6) is 0.336. The average Bonchev–Trinajstić information content (AvgIpc) is 3.32. The van der Waals surface area contributed by atoms with Crippen LogP contribution < -0.4 is 15.4 Å². The number of thiazole rings is 1. The molecule has 35 heavy (non-hydrogen) atoms. The molecule has 6 nitrogen and oxygen atoms in total. The predicted octanol–water partition coefficient (Wildman–Crippen LogP) is 6.84. The molecular weight excluding hydrogens is 502 g/mol. The molecule has 0 aliphatic heterocycles. The number of carbonyl (C=O) groups excluding carboxylic acids is 2. The molecule has 1 aromatic heterocycles. The van der Waals surface area contributed by atoms with Crippen LogP contribution in [-0.4, -0.2) is 29.2 Å². The van der Waals surface area contributed by atoms with Crippen LogP contribution in [0.1, 0.15) is 17.3 Å². The van der Waals surface area contributed by atoms with Gasteiger partial charge in [0, 0.05) is 32.1 Å². The van der Waals surface area contributed by atoms with Crippen LogP contribution >= 0.6 is 34.7 Å². The second kappa shape index (κ2) is 11.4. The topological polar surface area (TPSA) is 80.3 Å². The van der Waals surface area contributed by atoms with Gasteiger partial charge in [-0.05, 0) is 55.5 Å². The van der Waals surface area contributed by atoms with Gasteiger partial charge in [0.1, 0.15) is 5.75 Å². The third kappa shape index (κ3) is 6.63. The molecule has 4 aromatic rings. The van der Waals surface area contributed by atoms with Crippen LogP contribution in [0.15, 0.2) is 83.1 Å². The summed E-state index contributed by atoms with van der Waals surface area (Å²) in [5, 5.41) is 8.30. The minimum Gasteiger partial charge on any atom is -0.497 e. The number of aromatic nitrogens is 1. The number of nitrogens with zero attached hydrogens (tertiary/aromatic N) is 1. The van der Waals surface area contributed by atoms with E-state index in [4.69, 9.17) is 16.3 Å². The molecule has 0 aliphatic carbocycles. The van der Waals surface area contributed by atoms with Crippen LogP contribution in [0, 0.1) is 0 Å². The molecule has 0 fully saturated rings. The summed E-state index contributed by atoms with van der Waals surface area (Å²) < 4.78 is 5.27. The van der Waals surface area contributed by atoms with Crippen LogP contribution in [0.25, 0.3) is 11.3 Å². The maximum absolute atomic E-state index is 12.8. The lowest BCUT2D eigenvalue weighted by Crippen LogP contribution is -2.22. The number of nitrogens with one attached hydrogen (secondary N) is 2. The van der Waals surface area contributed by atoms with E-state index < -0.39 is 0 Å². The highest BCUT2D eigenvalue weighted by atomic mass is 35.5. The number of halogens is 1. The quantitative estimate of drug-likeness (QED) is 0.247. The number of anilines is 2. The normalized spacial score (nSPS) is 11.5. The fourth-order valence-electron chi connectivity index (χ4n) is 3.19. The zero-order chi connectivity index (χ0) is 24.8. The van der Waals surface area contributed by atoms with Crippen molar-refractivity contribution in [2.75, 3.05) is 17.7 Å². The van der Waals surface area contributed by atoms with Gasteiger partial charge in [-0.1, -0.05) is 35.9 Å². The first kappa shape index (κ1) is 24.8. The molecule has 0 saturated heterocycles. The number of methoxy groups -OCH3 is 1. The molecule has 2 amide bonds. The Morgan fingerprint density at radius 1 is 1.03 bits per heavy atom. The van der Waals surface area contributed by atoms with Crippen molar-refractivity contribution in [2.24, 2.45) is 0 Å². The first-order valence-corrected chi connectivity index (χ1v) is 12.8. The van der Waals surface area contributed by atoms with Gasteiger partial charge in [-0.2, -0.15) is 0 Å². The third-order valence-electron chi connectivity index (χ3n) is 4.96. The maximum Gasteiger partial charge on any atom is 0.255 e. The van der Waals surface area contributed by atoms with Crippen LogP contribution in [-0.2, 0) is 4.79 Å². The number of thioether (sulfide) groups is 1. The molecule has 0 saturated carbocycles. The highest BCUT2D eigenvalue weighted by Gasteiger charge is 2.17. The van der Waals surface area contributed by atoms with Gasteiger partial charge in [0.15, 0.2) is 5.13 Å². The molecule has 1 unspecified atom stereocenters. The van der Waals surface area contributed by atoms with Crippen molar-refractivity contribution in [3.8, 4) is 17.0 Å². The van der Waals surface area contributed by atoms with Gasteiger partial charge < -0.3 is 15.4 Å². The van der Waals surface area contributed by atoms with Gasteiger partial charge in [0.05, 0.1) is 18.1 Å². The number of ether oxygens (including phenoxy) is 1. The predicted molar refractivity (Wildman–Crippen MR) is 144 cm³/mol. The Bertz CT molecular complexity index is 1360. The number of carbonyl (C=O) groups is 2. The summed E-state index contributed by atoms with van der Waals surface area (Å²) in [5.41, 5.74) is 2.79. The minimum absolute atomic E-state index is 0.157. The Kier molecular flexibility index (Phi) is 8.07. The van der Waals surface area contributed by atoms with Crippen molar-refractivity contribution in [3.05, 3.63) is 88.8 Å². The third-order valence-corrected chi connectivity index (χ3v) is 7.05. The van der Waals surface area contributed by atoms with E-state index in [9.17, 15) is 9.59 Å². The van der Waals surface area contributed by atoms with Crippen molar-refractivity contribution in [1.82, 2.24) is 4.98 Å². The molecule has 1 heterocycles. The van der Waals surface area contributed by atoms with Gasteiger partial charge >= 0.3 is 0 Å². The van der Waals surface area contributed by atoms with Gasteiger partial charge in [0.2, 0.25) is 5.91 Å².